The van der Waals surface area contributed by atoms with Gasteiger partial charge >= 0.3 is 0 Å². The monoisotopic (exact) mass is 435 g/mol. The first-order chi connectivity index (χ1) is 12.6. The zero-order valence-corrected chi connectivity index (χ0v) is 16.2. The second kappa shape index (κ2) is 6.85. The van der Waals surface area contributed by atoms with E-state index in [0.717, 1.165) is 24.2 Å². The van der Waals surface area contributed by atoms with E-state index in [9.17, 15) is 4.79 Å². The number of benzene rings is 1. The SMILES string of the molecule is CN(Br)C(=O)c1cccc(-n2cnc(-c3noc(C4CC4)n3)c2CCl)c1. The highest BCUT2D eigenvalue weighted by Crippen LogP contribution is 2.39. The predicted octanol–water partition coefficient (Wildman–Crippen LogP) is 3.92. The molecule has 0 bridgehead atoms. The molecule has 0 saturated heterocycles. The molecule has 26 heavy (non-hydrogen) atoms. The van der Waals surface area contributed by atoms with Crippen molar-refractivity contribution in [3.63, 3.8) is 0 Å². The number of imidazole rings is 1. The van der Waals surface area contributed by atoms with Gasteiger partial charge in [0.25, 0.3) is 5.91 Å². The molecule has 0 N–H and O–H groups in total. The summed E-state index contributed by atoms with van der Waals surface area (Å²) in [6.45, 7) is 0. The summed E-state index contributed by atoms with van der Waals surface area (Å²) in [5.41, 5.74) is 2.66. The number of nitrogens with zero attached hydrogens (tertiary/aromatic N) is 5. The van der Waals surface area contributed by atoms with Gasteiger partial charge in [-0.15, -0.1) is 11.6 Å². The molecule has 0 atom stereocenters. The van der Waals surface area contributed by atoms with Gasteiger partial charge in [-0.1, -0.05) is 11.2 Å². The van der Waals surface area contributed by atoms with Crippen molar-refractivity contribution < 1.29 is 9.32 Å². The minimum Gasteiger partial charge on any atom is -0.339 e. The van der Waals surface area contributed by atoms with Crippen LogP contribution in [0.1, 0.15) is 40.7 Å². The van der Waals surface area contributed by atoms with E-state index in [-0.39, 0.29) is 11.8 Å². The molecule has 9 heteroatoms. The van der Waals surface area contributed by atoms with Crippen LogP contribution in [0.5, 0.6) is 0 Å². The van der Waals surface area contributed by atoms with E-state index in [1.54, 1.807) is 25.5 Å². The van der Waals surface area contributed by atoms with Crippen molar-refractivity contribution in [2.75, 3.05) is 7.05 Å². The molecule has 1 aliphatic rings. The fraction of sp³-hybridized carbons (Fsp3) is 0.294. The molecular weight excluding hydrogens is 422 g/mol. The third-order valence-corrected chi connectivity index (χ3v) is 4.80. The van der Waals surface area contributed by atoms with Crippen LogP contribution < -0.4 is 0 Å². The summed E-state index contributed by atoms with van der Waals surface area (Å²) in [5, 5.41) is 4.04. The van der Waals surface area contributed by atoms with E-state index in [1.807, 2.05) is 16.7 Å². The quantitative estimate of drug-likeness (QED) is 0.447. The summed E-state index contributed by atoms with van der Waals surface area (Å²) in [7, 11) is 1.64. The Hall–Kier alpha value is -2.19. The van der Waals surface area contributed by atoms with Gasteiger partial charge in [-0.2, -0.15) is 4.98 Å². The Balaban J connectivity index is 1.72. The summed E-state index contributed by atoms with van der Waals surface area (Å²) < 4.78 is 8.51. The van der Waals surface area contributed by atoms with Crippen LogP contribution in [-0.4, -0.2) is 36.6 Å². The van der Waals surface area contributed by atoms with Gasteiger partial charge in [-0.05, 0) is 31.0 Å². The second-order valence-electron chi connectivity index (χ2n) is 6.11. The number of rotatable bonds is 5. The number of aromatic nitrogens is 4. The van der Waals surface area contributed by atoms with Gasteiger partial charge in [0.15, 0.2) is 0 Å². The Kier molecular flexibility index (Phi) is 4.54. The van der Waals surface area contributed by atoms with Gasteiger partial charge in [-0.3, -0.25) is 8.72 Å². The first-order valence-electron chi connectivity index (χ1n) is 8.09. The van der Waals surface area contributed by atoms with Crippen LogP contribution in [0.2, 0.25) is 0 Å². The molecule has 1 fully saturated rings. The molecule has 2 heterocycles. The highest BCUT2D eigenvalue weighted by molar-refractivity contribution is 9.07. The van der Waals surface area contributed by atoms with E-state index in [2.05, 4.69) is 31.3 Å². The van der Waals surface area contributed by atoms with Crippen LogP contribution in [0, 0.1) is 0 Å². The predicted molar refractivity (Wildman–Crippen MR) is 99.4 cm³/mol. The molecule has 2 aromatic heterocycles. The number of carbonyl (C=O) groups excluding carboxylic acids is 1. The lowest BCUT2D eigenvalue weighted by Crippen LogP contribution is -2.16. The summed E-state index contributed by atoms with van der Waals surface area (Å²) in [5.74, 6) is 1.55. The normalized spacial score (nSPS) is 13.8. The van der Waals surface area contributed by atoms with Crippen molar-refractivity contribution in [3.05, 3.63) is 47.7 Å². The summed E-state index contributed by atoms with van der Waals surface area (Å²) >= 11 is 9.34. The Morgan fingerprint density at radius 1 is 1.46 bits per heavy atom. The van der Waals surface area contributed by atoms with Crippen molar-refractivity contribution in [3.8, 4) is 17.2 Å². The lowest BCUT2D eigenvalue weighted by Gasteiger charge is -2.11. The van der Waals surface area contributed by atoms with Crippen LogP contribution in [0.3, 0.4) is 0 Å². The molecule has 1 aromatic carbocycles. The zero-order valence-electron chi connectivity index (χ0n) is 13.9. The molecule has 3 aromatic rings. The van der Waals surface area contributed by atoms with E-state index in [4.69, 9.17) is 16.1 Å². The second-order valence-corrected chi connectivity index (χ2v) is 7.44. The number of amides is 1. The Morgan fingerprint density at radius 3 is 2.96 bits per heavy atom. The third kappa shape index (κ3) is 3.14. The molecular formula is C17H15BrClN5O2. The molecule has 7 nitrogen and oxygen atoms in total. The number of carbonyl (C=O) groups is 1. The topological polar surface area (TPSA) is 77.0 Å². The van der Waals surface area contributed by atoms with Gasteiger partial charge in [0.1, 0.15) is 12.0 Å². The number of hydrogen-bond donors (Lipinski definition) is 0. The van der Waals surface area contributed by atoms with Crippen LogP contribution >= 0.6 is 27.7 Å². The number of halogens is 2. The maximum atomic E-state index is 12.2. The highest BCUT2D eigenvalue weighted by atomic mass is 79.9. The van der Waals surface area contributed by atoms with Crippen molar-refractivity contribution in [2.24, 2.45) is 0 Å². The minimum absolute atomic E-state index is 0.146. The first-order valence-corrected chi connectivity index (χ1v) is 9.33. The molecule has 1 saturated carbocycles. The molecule has 0 spiro atoms. The number of alkyl halides is 1. The Bertz CT molecular complexity index is 964. The summed E-state index contributed by atoms with van der Waals surface area (Å²) in [4.78, 5) is 21.1. The lowest BCUT2D eigenvalue weighted by molar-refractivity contribution is 0.0898. The molecule has 0 aliphatic heterocycles. The van der Waals surface area contributed by atoms with Gasteiger partial charge in [0.2, 0.25) is 11.7 Å². The molecule has 134 valence electrons. The maximum absolute atomic E-state index is 12.2. The van der Waals surface area contributed by atoms with Gasteiger partial charge in [-0.25, -0.2) is 4.98 Å². The largest absolute Gasteiger partial charge is 0.339 e. The fourth-order valence-electron chi connectivity index (χ4n) is 2.70. The van der Waals surface area contributed by atoms with E-state index in [0.29, 0.717) is 28.9 Å². The maximum Gasteiger partial charge on any atom is 0.263 e. The minimum atomic E-state index is -0.146. The standard InChI is InChI=1S/C17H15BrClN5O2/c1-23(18)17(25)11-3-2-4-12(7-11)24-9-20-14(13(24)8-19)15-21-16(26-22-15)10-5-6-10/h2-4,7,9-10H,5-6,8H2,1H3. The van der Waals surface area contributed by atoms with Crippen LogP contribution in [0.25, 0.3) is 17.2 Å². The van der Waals surface area contributed by atoms with Crippen LogP contribution in [0.15, 0.2) is 35.1 Å². The van der Waals surface area contributed by atoms with Gasteiger partial charge < -0.3 is 9.09 Å². The molecule has 0 unspecified atom stereocenters. The average Bonchev–Trinajstić information content (AvgIpc) is 3.23. The summed E-state index contributed by atoms with van der Waals surface area (Å²) in [6, 6.07) is 7.24. The Labute approximate surface area is 163 Å². The fourth-order valence-corrected chi connectivity index (χ4v) is 3.17. The molecule has 4 rings (SSSR count). The van der Waals surface area contributed by atoms with Crippen molar-refractivity contribution in [2.45, 2.75) is 24.6 Å². The molecule has 0 radical (unpaired) electrons. The molecule has 1 amide bonds. The van der Waals surface area contributed by atoms with E-state index in [1.165, 1.54) is 3.93 Å². The van der Waals surface area contributed by atoms with E-state index >= 15 is 0 Å². The number of hydrogen-bond acceptors (Lipinski definition) is 5. The van der Waals surface area contributed by atoms with Crippen molar-refractivity contribution in [1.29, 1.82) is 0 Å². The van der Waals surface area contributed by atoms with Crippen LogP contribution in [-0.2, 0) is 5.88 Å². The van der Waals surface area contributed by atoms with Crippen molar-refractivity contribution in [1.82, 2.24) is 23.6 Å². The smallest absolute Gasteiger partial charge is 0.263 e. The third-order valence-electron chi connectivity index (χ3n) is 4.22. The average molecular weight is 437 g/mol. The summed E-state index contributed by atoms with van der Waals surface area (Å²) in [6.07, 6.45) is 3.82. The van der Waals surface area contributed by atoms with Crippen LogP contribution in [0.4, 0.5) is 0 Å². The van der Waals surface area contributed by atoms with E-state index < -0.39 is 0 Å². The highest BCUT2D eigenvalue weighted by Gasteiger charge is 2.30. The van der Waals surface area contributed by atoms with Gasteiger partial charge in [0.05, 0.1) is 27.7 Å². The molecule has 1 aliphatic carbocycles. The van der Waals surface area contributed by atoms with Crippen molar-refractivity contribution >= 4 is 33.7 Å². The lowest BCUT2D eigenvalue weighted by atomic mass is 10.2. The Morgan fingerprint density at radius 2 is 2.27 bits per heavy atom. The zero-order chi connectivity index (χ0) is 18.3. The van der Waals surface area contributed by atoms with Gasteiger partial charge in [0, 0.05) is 24.2 Å². The first kappa shape index (κ1) is 17.2.